The van der Waals surface area contributed by atoms with Gasteiger partial charge in [-0.1, -0.05) is 6.07 Å². The molecule has 3 nitrogen and oxygen atoms in total. The number of hydrogen-bond donors (Lipinski definition) is 1. The van der Waals surface area contributed by atoms with Crippen LogP contribution >= 0.6 is 11.3 Å². The lowest BCUT2D eigenvalue weighted by molar-refractivity contribution is -0.137. The SMILES string of the molecule is CNC(C)(C)C(=O)N(C)C(C)Cc1cccs1. The average Bonchev–Trinajstić information content (AvgIpc) is 2.79. The van der Waals surface area contributed by atoms with Crippen molar-refractivity contribution >= 4 is 17.2 Å². The molecule has 1 N–H and O–H groups in total. The van der Waals surface area contributed by atoms with Gasteiger partial charge in [0, 0.05) is 24.4 Å². The van der Waals surface area contributed by atoms with Gasteiger partial charge in [0.05, 0.1) is 5.54 Å². The smallest absolute Gasteiger partial charge is 0.242 e. The molecule has 0 bridgehead atoms. The first-order chi connectivity index (χ1) is 7.88. The number of rotatable bonds is 5. The van der Waals surface area contributed by atoms with E-state index in [1.165, 1.54) is 4.88 Å². The second-order valence-corrected chi connectivity index (χ2v) is 5.96. The highest BCUT2D eigenvalue weighted by atomic mass is 32.1. The molecule has 0 saturated heterocycles. The first kappa shape index (κ1) is 14.2. The maximum absolute atomic E-state index is 12.2. The maximum Gasteiger partial charge on any atom is 0.242 e. The summed E-state index contributed by atoms with van der Waals surface area (Å²) in [4.78, 5) is 15.4. The Kier molecular flexibility index (Phi) is 4.71. The van der Waals surface area contributed by atoms with Crippen LogP contribution in [0, 0.1) is 0 Å². The Labute approximate surface area is 108 Å². The molecule has 0 radical (unpaired) electrons. The van der Waals surface area contributed by atoms with Crippen molar-refractivity contribution in [2.75, 3.05) is 14.1 Å². The standard InChI is InChI=1S/C13H22N2OS/c1-10(9-11-7-6-8-17-11)15(5)12(16)13(2,3)14-4/h6-8,10,14H,9H2,1-5H3. The summed E-state index contributed by atoms with van der Waals surface area (Å²) in [5, 5.41) is 5.12. The van der Waals surface area contributed by atoms with E-state index in [0.29, 0.717) is 0 Å². The number of nitrogens with zero attached hydrogens (tertiary/aromatic N) is 1. The predicted molar refractivity (Wildman–Crippen MR) is 73.4 cm³/mol. The largest absolute Gasteiger partial charge is 0.341 e. The Morgan fingerprint density at radius 2 is 2.24 bits per heavy atom. The predicted octanol–water partition coefficient (Wildman–Crippen LogP) is 2.14. The van der Waals surface area contributed by atoms with E-state index in [0.717, 1.165) is 6.42 Å². The van der Waals surface area contributed by atoms with Crippen molar-refractivity contribution in [1.29, 1.82) is 0 Å². The lowest BCUT2D eigenvalue weighted by Gasteiger charge is -2.32. The summed E-state index contributed by atoms with van der Waals surface area (Å²) in [5.74, 6) is 0.129. The summed E-state index contributed by atoms with van der Waals surface area (Å²) in [5.41, 5.74) is -0.502. The Bertz CT molecular complexity index is 360. The molecule has 0 aromatic carbocycles. The number of nitrogens with one attached hydrogen (secondary N) is 1. The zero-order valence-electron chi connectivity index (χ0n) is 11.3. The molecule has 1 rings (SSSR count). The molecule has 17 heavy (non-hydrogen) atoms. The van der Waals surface area contributed by atoms with E-state index < -0.39 is 5.54 Å². The molecule has 0 saturated carbocycles. The van der Waals surface area contributed by atoms with Crippen molar-refractivity contribution < 1.29 is 4.79 Å². The Hall–Kier alpha value is -0.870. The monoisotopic (exact) mass is 254 g/mol. The van der Waals surface area contributed by atoms with Crippen molar-refractivity contribution in [3.05, 3.63) is 22.4 Å². The van der Waals surface area contributed by atoms with Crippen LogP contribution in [0.4, 0.5) is 0 Å². The van der Waals surface area contributed by atoms with Crippen molar-refractivity contribution in [3.8, 4) is 0 Å². The first-order valence-electron chi connectivity index (χ1n) is 5.87. The van der Waals surface area contributed by atoms with Gasteiger partial charge in [0.25, 0.3) is 0 Å². The van der Waals surface area contributed by atoms with Gasteiger partial charge >= 0.3 is 0 Å². The van der Waals surface area contributed by atoms with E-state index in [4.69, 9.17) is 0 Å². The van der Waals surface area contributed by atoms with Gasteiger partial charge in [0.1, 0.15) is 0 Å². The van der Waals surface area contributed by atoms with E-state index in [9.17, 15) is 4.79 Å². The van der Waals surface area contributed by atoms with Crippen molar-refractivity contribution in [2.24, 2.45) is 0 Å². The lowest BCUT2D eigenvalue weighted by atomic mass is 10.0. The third-order valence-electron chi connectivity index (χ3n) is 3.22. The summed E-state index contributed by atoms with van der Waals surface area (Å²) in [6, 6.07) is 4.38. The Morgan fingerprint density at radius 3 is 2.71 bits per heavy atom. The molecule has 1 atom stereocenters. The molecular weight excluding hydrogens is 232 g/mol. The molecule has 0 aliphatic rings. The zero-order valence-corrected chi connectivity index (χ0v) is 12.1. The number of carbonyl (C=O) groups excluding carboxylic acids is 1. The van der Waals surface area contributed by atoms with Crippen LogP contribution in [-0.4, -0.2) is 36.5 Å². The van der Waals surface area contributed by atoms with E-state index in [-0.39, 0.29) is 11.9 Å². The minimum Gasteiger partial charge on any atom is -0.341 e. The van der Waals surface area contributed by atoms with Crippen LogP contribution in [-0.2, 0) is 11.2 Å². The normalized spacial score (nSPS) is 13.5. The summed E-state index contributed by atoms with van der Waals surface area (Å²) < 4.78 is 0. The fourth-order valence-corrected chi connectivity index (χ4v) is 2.43. The van der Waals surface area contributed by atoms with Crippen LogP contribution in [0.15, 0.2) is 17.5 Å². The number of carbonyl (C=O) groups is 1. The zero-order chi connectivity index (χ0) is 13.1. The number of hydrogen-bond acceptors (Lipinski definition) is 3. The average molecular weight is 254 g/mol. The third kappa shape index (κ3) is 3.54. The molecule has 4 heteroatoms. The molecule has 0 aliphatic heterocycles. The van der Waals surface area contributed by atoms with Gasteiger partial charge in [0.15, 0.2) is 0 Å². The lowest BCUT2D eigenvalue weighted by Crippen LogP contribution is -2.54. The number of thiophene rings is 1. The molecule has 0 aliphatic carbocycles. The first-order valence-corrected chi connectivity index (χ1v) is 6.75. The summed E-state index contributed by atoms with van der Waals surface area (Å²) in [6.45, 7) is 5.90. The second-order valence-electron chi connectivity index (χ2n) is 4.92. The molecule has 1 aromatic heterocycles. The molecular formula is C13H22N2OS. The van der Waals surface area contributed by atoms with Crippen molar-refractivity contribution in [1.82, 2.24) is 10.2 Å². The quantitative estimate of drug-likeness (QED) is 0.873. The summed E-state index contributed by atoms with van der Waals surface area (Å²) in [7, 11) is 3.69. The fraction of sp³-hybridized carbons (Fsp3) is 0.615. The van der Waals surface area contributed by atoms with Crippen LogP contribution in [0.2, 0.25) is 0 Å². The van der Waals surface area contributed by atoms with Gasteiger partial charge < -0.3 is 10.2 Å². The fourth-order valence-electron chi connectivity index (χ4n) is 1.60. The highest BCUT2D eigenvalue weighted by Crippen LogP contribution is 2.16. The van der Waals surface area contributed by atoms with E-state index >= 15 is 0 Å². The molecule has 1 aromatic rings. The van der Waals surface area contributed by atoms with Gasteiger partial charge in [0.2, 0.25) is 5.91 Å². The van der Waals surface area contributed by atoms with E-state index in [1.54, 1.807) is 11.3 Å². The molecule has 0 spiro atoms. The number of amides is 1. The Balaban J connectivity index is 2.63. The molecule has 1 unspecified atom stereocenters. The minimum absolute atomic E-state index is 0.129. The van der Waals surface area contributed by atoms with Crippen molar-refractivity contribution in [3.63, 3.8) is 0 Å². The van der Waals surface area contributed by atoms with Gasteiger partial charge in [-0.15, -0.1) is 11.3 Å². The highest BCUT2D eigenvalue weighted by molar-refractivity contribution is 7.09. The minimum atomic E-state index is -0.502. The van der Waals surface area contributed by atoms with Crippen LogP contribution in [0.3, 0.4) is 0 Å². The molecule has 1 amide bonds. The highest BCUT2D eigenvalue weighted by Gasteiger charge is 2.30. The van der Waals surface area contributed by atoms with Crippen LogP contribution in [0.1, 0.15) is 25.6 Å². The van der Waals surface area contributed by atoms with E-state index in [2.05, 4.69) is 23.7 Å². The van der Waals surface area contributed by atoms with Crippen molar-refractivity contribution in [2.45, 2.75) is 38.8 Å². The van der Waals surface area contributed by atoms with Gasteiger partial charge in [-0.2, -0.15) is 0 Å². The maximum atomic E-state index is 12.2. The molecule has 0 fully saturated rings. The van der Waals surface area contributed by atoms with Gasteiger partial charge in [-0.25, -0.2) is 0 Å². The number of likely N-dealkylation sites (N-methyl/N-ethyl adjacent to an activating group) is 2. The Morgan fingerprint density at radius 1 is 1.59 bits per heavy atom. The van der Waals surface area contributed by atoms with E-state index in [1.807, 2.05) is 38.9 Å². The third-order valence-corrected chi connectivity index (χ3v) is 4.12. The second kappa shape index (κ2) is 5.65. The van der Waals surface area contributed by atoms with Gasteiger partial charge in [-0.05, 0) is 39.3 Å². The molecule has 1 heterocycles. The van der Waals surface area contributed by atoms with Crippen LogP contribution < -0.4 is 5.32 Å². The topological polar surface area (TPSA) is 32.3 Å². The summed E-state index contributed by atoms with van der Waals surface area (Å²) >= 11 is 1.74. The molecule has 96 valence electrons. The summed E-state index contributed by atoms with van der Waals surface area (Å²) in [6.07, 6.45) is 0.916. The van der Waals surface area contributed by atoms with Crippen LogP contribution in [0.25, 0.3) is 0 Å². The van der Waals surface area contributed by atoms with Crippen LogP contribution in [0.5, 0.6) is 0 Å². The van der Waals surface area contributed by atoms with Gasteiger partial charge in [-0.3, -0.25) is 4.79 Å².